The van der Waals surface area contributed by atoms with E-state index in [1.54, 1.807) is 0 Å². The number of ether oxygens (including phenoxy) is 1. The van der Waals surface area contributed by atoms with E-state index in [0.717, 1.165) is 25.8 Å². The number of cyclic esters (lactones) is 1. The second-order valence-corrected chi connectivity index (χ2v) is 3.58. The minimum absolute atomic E-state index is 0.0255. The van der Waals surface area contributed by atoms with Gasteiger partial charge >= 0.3 is 5.97 Å². The summed E-state index contributed by atoms with van der Waals surface area (Å²) in [5.41, 5.74) is 0. The fraction of sp³-hybridized carbons (Fsp3) is 0.727. The Kier molecular flexibility index (Phi) is 8.24. The van der Waals surface area contributed by atoms with Crippen LogP contribution < -0.4 is 0 Å². The molecule has 0 bridgehead atoms. The molecule has 0 radical (unpaired) electrons. The quantitative estimate of drug-likeness (QED) is 0.502. The van der Waals surface area contributed by atoms with Gasteiger partial charge in [-0.05, 0) is 33.4 Å². The number of hydrogen-bond acceptors (Lipinski definition) is 3. The highest BCUT2D eigenvalue weighted by molar-refractivity contribution is 5.69. The highest BCUT2D eigenvalue weighted by atomic mass is 16.5. The minimum Gasteiger partial charge on any atom is -0.466 e. The summed E-state index contributed by atoms with van der Waals surface area (Å²) >= 11 is 0. The van der Waals surface area contributed by atoms with Crippen LogP contribution in [0.15, 0.2) is 12.7 Å². The molecule has 0 aromatic carbocycles. The van der Waals surface area contributed by atoms with Crippen molar-refractivity contribution in [1.82, 2.24) is 4.90 Å². The Bertz CT molecular complexity index is 157. The molecule has 0 N–H and O–H groups in total. The fourth-order valence-corrected chi connectivity index (χ4v) is 1.06. The molecular weight excluding hydrogens is 178 g/mol. The molecule has 1 heterocycles. The number of carbonyl (C=O) groups excluding carboxylic acids is 1. The molecule has 0 unspecified atom stereocenters. The van der Waals surface area contributed by atoms with E-state index >= 15 is 0 Å². The van der Waals surface area contributed by atoms with E-state index in [4.69, 9.17) is 4.74 Å². The summed E-state index contributed by atoms with van der Waals surface area (Å²) in [6.45, 7) is 5.17. The fourth-order valence-electron chi connectivity index (χ4n) is 1.06. The smallest absolute Gasteiger partial charge is 0.305 e. The summed E-state index contributed by atoms with van der Waals surface area (Å²) in [4.78, 5) is 12.5. The lowest BCUT2D eigenvalue weighted by Crippen LogP contribution is -2.09. The average molecular weight is 199 g/mol. The number of likely N-dealkylation sites (N-methyl/N-ethyl adjacent to an activating group) is 1. The molecule has 3 heteroatoms. The number of nitrogens with zero attached hydrogens (tertiary/aromatic N) is 1. The van der Waals surface area contributed by atoms with Crippen molar-refractivity contribution in [2.24, 2.45) is 0 Å². The molecule has 0 aliphatic carbocycles. The van der Waals surface area contributed by atoms with Gasteiger partial charge in [-0.15, -0.1) is 6.58 Å². The van der Waals surface area contributed by atoms with Crippen molar-refractivity contribution in [3.63, 3.8) is 0 Å². The van der Waals surface area contributed by atoms with Gasteiger partial charge in [0.1, 0.15) is 0 Å². The van der Waals surface area contributed by atoms with Crippen molar-refractivity contribution in [2.75, 3.05) is 27.2 Å². The third kappa shape index (κ3) is 9.26. The second-order valence-electron chi connectivity index (χ2n) is 3.58. The molecule has 82 valence electrons. The first kappa shape index (κ1) is 13.2. The van der Waals surface area contributed by atoms with E-state index in [-0.39, 0.29) is 5.97 Å². The van der Waals surface area contributed by atoms with E-state index in [1.165, 1.54) is 0 Å². The van der Waals surface area contributed by atoms with Crippen LogP contribution in [0.3, 0.4) is 0 Å². The maximum absolute atomic E-state index is 10.5. The van der Waals surface area contributed by atoms with E-state index in [0.29, 0.717) is 13.0 Å². The largest absolute Gasteiger partial charge is 0.466 e. The van der Waals surface area contributed by atoms with Crippen molar-refractivity contribution in [3.05, 3.63) is 12.7 Å². The van der Waals surface area contributed by atoms with Crippen LogP contribution in [-0.2, 0) is 9.53 Å². The molecule has 1 fully saturated rings. The van der Waals surface area contributed by atoms with Crippen LogP contribution in [0, 0.1) is 0 Å². The maximum atomic E-state index is 10.5. The Hall–Kier alpha value is -0.830. The number of esters is 1. The van der Waals surface area contributed by atoms with Crippen LogP contribution >= 0.6 is 0 Å². The zero-order valence-corrected chi connectivity index (χ0v) is 9.29. The maximum Gasteiger partial charge on any atom is 0.305 e. The Morgan fingerprint density at radius 3 is 2.64 bits per heavy atom. The van der Waals surface area contributed by atoms with Crippen LogP contribution in [-0.4, -0.2) is 38.1 Å². The van der Waals surface area contributed by atoms with E-state index in [2.05, 4.69) is 11.5 Å². The van der Waals surface area contributed by atoms with Crippen LogP contribution in [0.5, 0.6) is 0 Å². The average Bonchev–Trinajstić information content (AvgIpc) is 2.33. The summed E-state index contributed by atoms with van der Waals surface area (Å²) in [5.74, 6) is -0.0255. The Balaban J connectivity index is 0.000000255. The van der Waals surface area contributed by atoms with Crippen molar-refractivity contribution in [1.29, 1.82) is 0 Å². The van der Waals surface area contributed by atoms with E-state index < -0.39 is 0 Å². The Morgan fingerprint density at radius 2 is 2.14 bits per heavy atom. The number of rotatable bonds is 2. The molecule has 0 aromatic rings. The summed E-state index contributed by atoms with van der Waals surface area (Å²) in [6.07, 6.45) is 5.70. The van der Waals surface area contributed by atoms with Gasteiger partial charge in [-0.2, -0.15) is 0 Å². The van der Waals surface area contributed by atoms with Gasteiger partial charge in [-0.1, -0.05) is 6.08 Å². The SMILES string of the molecule is C=CCN(C)C.O=C1CCCCCO1. The monoisotopic (exact) mass is 199 g/mol. The van der Waals surface area contributed by atoms with Gasteiger partial charge in [-0.25, -0.2) is 0 Å². The molecular formula is C11H21NO2. The summed E-state index contributed by atoms with van der Waals surface area (Å²) in [7, 11) is 4.03. The van der Waals surface area contributed by atoms with Crippen LogP contribution in [0.4, 0.5) is 0 Å². The zero-order chi connectivity index (χ0) is 10.8. The van der Waals surface area contributed by atoms with Crippen molar-refractivity contribution < 1.29 is 9.53 Å². The number of hydrogen-bond donors (Lipinski definition) is 0. The zero-order valence-electron chi connectivity index (χ0n) is 9.29. The van der Waals surface area contributed by atoms with Gasteiger partial charge in [0.2, 0.25) is 0 Å². The van der Waals surface area contributed by atoms with Crippen molar-refractivity contribution in [2.45, 2.75) is 25.7 Å². The van der Waals surface area contributed by atoms with Gasteiger partial charge in [0.15, 0.2) is 0 Å². The highest BCUT2D eigenvalue weighted by Gasteiger charge is 2.05. The third-order valence-corrected chi connectivity index (χ3v) is 1.78. The van der Waals surface area contributed by atoms with Gasteiger partial charge in [0, 0.05) is 13.0 Å². The molecule has 3 nitrogen and oxygen atoms in total. The van der Waals surface area contributed by atoms with E-state index in [1.807, 2.05) is 20.2 Å². The summed E-state index contributed by atoms with van der Waals surface area (Å²) < 4.78 is 4.76. The van der Waals surface area contributed by atoms with Crippen LogP contribution in [0.2, 0.25) is 0 Å². The van der Waals surface area contributed by atoms with Gasteiger partial charge in [0.05, 0.1) is 6.61 Å². The highest BCUT2D eigenvalue weighted by Crippen LogP contribution is 2.06. The second kappa shape index (κ2) is 8.75. The predicted molar refractivity (Wildman–Crippen MR) is 58.2 cm³/mol. The summed E-state index contributed by atoms with van der Waals surface area (Å²) in [6, 6.07) is 0. The van der Waals surface area contributed by atoms with Crippen LogP contribution in [0.25, 0.3) is 0 Å². The van der Waals surface area contributed by atoms with Crippen molar-refractivity contribution in [3.8, 4) is 0 Å². The Labute approximate surface area is 86.7 Å². The molecule has 0 saturated carbocycles. The lowest BCUT2D eigenvalue weighted by molar-refractivity contribution is -0.142. The third-order valence-electron chi connectivity index (χ3n) is 1.78. The van der Waals surface area contributed by atoms with Gasteiger partial charge in [-0.3, -0.25) is 4.79 Å². The lowest BCUT2D eigenvalue weighted by Gasteiger charge is -2.01. The van der Waals surface area contributed by atoms with Gasteiger partial charge in [0.25, 0.3) is 0 Å². The van der Waals surface area contributed by atoms with Crippen LogP contribution in [0.1, 0.15) is 25.7 Å². The first-order chi connectivity index (χ1) is 6.66. The standard InChI is InChI=1S/C6H10O2.C5H11N/c7-6-4-2-1-3-5-8-6;1-4-5-6(2)3/h1-5H2;4H,1,5H2,2-3H3. The van der Waals surface area contributed by atoms with Crippen molar-refractivity contribution >= 4 is 5.97 Å². The molecule has 0 aromatic heterocycles. The lowest BCUT2D eigenvalue weighted by atomic mass is 10.2. The topological polar surface area (TPSA) is 29.5 Å². The molecule has 1 aliphatic heterocycles. The molecule has 0 amide bonds. The Morgan fingerprint density at radius 1 is 1.43 bits per heavy atom. The van der Waals surface area contributed by atoms with E-state index in [9.17, 15) is 4.79 Å². The normalized spacial score (nSPS) is 16.4. The summed E-state index contributed by atoms with van der Waals surface area (Å²) in [5, 5.41) is 0. The minimum atomic E-state index is -0.0255. The molecule has 1 rings (SSSR count). The first-order valence-electron chi connectivity index (χ1n) is 5.08. The molecule has 1 saturated heterocycles. The predicted octanol–water partition coefficient (Wildman–Crippen LogP) is 1.84. The molecule has 0 atom stereocenters. The molecule has 0 spiro atoms. The molecule has 14 heavy (non-hydrogen) atoms. The first-order valence-corrected chi connectivity index (χ1v) is 5.08. The molecule has 1 aliphatic rings. The number of carbonyl (C=O) groups is 1. The van der Waals surface area contributed by atoms with Gasteiger partial charge < -0.3 is 9.64 Å².